The van der Waals surface area contributed by atoms with Crippen molar-refractivity contribution in [2.75, 3.05) is 18.0 Å². The van der Waals surface area contributed by atoms with Crippen molar-refractivity contribution in [2.24, 2.45) is 5.73 Å². The number of rotatable bonds is 5. The van der Waals surface area contributed by atoms with Gasteiger partial charge >= 0.3 is 6.18 Å². The summed E-state index contributed by atoms with van der Waals surface area (Å²) in [5.41, 5.74) is 4.82. The lowest BCUT2D eigenvalue weighted by atomic mass is 9.91. The summed E-state index contributed by atoms with van der Waals surface area (Å²) in [5, 5.41) is 0. The second-order valence-corrected chi connectivity index (χ2v) is 4.79. The Morgan fingerprint density at radius 1 is 1.37 bits per heavy atom. The van der Waals surface area contributed by atoms with E-state index in [1.807, 2.05) is 0 Å². The number of alkyl halides is 3. The molecule has 0 unspecified atom stereocenters. The van der Waals surface area contributed by atoms with E-state index in [2.05, 4.69) is 4.98 Å². The average molecular weight is 273 g/mol. The Morgan fingerprint density at radius 2 is 2.11 bits per heavy atom. The van der Waals surface area contributed by atoms with Gasteiger partial charge in [-0.1, -0.05) is 0 Å². The van der Waals surface area contributed by atoms with Crippen LogP contribution < -0.4 is 10.6 Å². The predicted molar refractivity (Wildman–Crippen MR) is 67.9 cm³/mol. The smallest absolute Gasteiger partial charge is 0.353 e. The van der Waals surface area contributed by atoms with Gasteiger partial charge in [-0.2, -0.15) is 13.2 Å². The van der Waals surface area contributed by atoms with Gasteiger partial charge in [0.1, 0.15) is 5.82 Å². The Kier molecular flexibility index (Phi) is 4.29. The average Bonchev–Trinajstić information content (AvgIpc) is 2.31. The van der Waals surface area contributed by atoms with Gasteiger partial charge in [-0.05, 0) is 44.4 Å². The van der Waals surface area contributed by atoms with Crippen molar-refractivity contribution in [3.8, 4) is 0 Å². The molecule has 2 rings (SSSR count). The molecule has 1 aromatic rings. The molecule has 0 amide bonds. The van der Waals surface area contributed by atoms with E-state index in [0.29, 0.717) is 19.5 Å². The number of hydrogen-bond acceptors (Lipinski definition) is 3. The number of halogens is 3. The van der Waals surface area contributed by atoms with Crippen molar-refractivity contribution in [3.63, 3.8) is 0 Å². The summed E-state index contributed by atoms with van der Waals surface area (Å²) in [7, 11) is 0. The van der Waals surface area contributed by atoms with Gasteiger partial charge in [0.25, 0.3) is 0 Å². The first-order chi connectivity index (χ1) is 9.04. The van der Waals surface area contributed by atoms with Gasteiger partial charge in [-0.3, -0.25) is 0 Å². The van der Waals surface area contributed by atoms with Gasteiger partial charge in [-0.25, -0.2) is 4.98 Å². The van der Waals surface area contributed by atoms with Gasteiger partial charge in [-0.15, -0.1) is 0 Å². The van der Waals surface area contributed by atoms with Crippen LogP contribution in [0.15, 0.2) is 18.3 Å². The minimum atomic E-state index is -4.37. The molecule has 0 spiro atoms. The third kappa shape index (κ3) is 3.18. The molecule has 1 aromatic heterocycles. The Bertz CT molecular complexity index is 416. The summed E-state index contributed by atoms with van der Waals surface area (Å²) in [5.74, 6) is 0.0492. The lowest BCUT2D eigenvalue weighted by Gasteiger charge is -2.39. The number of pyridine rings is 1. The van der Waals surface area contributed by atoms with Gasteiger partial charge in [0.2, 0.25) is 0 Å². The Balaban J connectivity index is 2.29. The molecule has 2 N–H and O–H groups in total. The van der Waals surface area contributed by atoms with Crippen molar-refractivity contribution in [1.29, 1.82) is 0 Å². The third-order valence-electron chi connectivity index (χ3n) is 3.48. The maximum atomic E-state index is 13.0. The highest BCUT2D eigenvalue weighted by Crippen LogP contribution is 2.38. The standard InChI is InChI=1S/C13H18F3N3/c14-13(15,16)11-6-2-8-18-12(11)19(9-3-7-17)10-4-1-5-10/h2,6,8,10H,1,3-5,7,9,17H2. The fourth-order valence-electron chi connectivity index (χ4n) is 2.27. The van der Waals surface area contributed by atoms with Crippen molar-refractivity contribution in [1.82, 2.24) is 4.98 Å². The van der Waals surface area contributed by atoms with Crippen LogP contribution in [0.5, 0.6) is 0 Å². The minimum Gasteiger partial charge on any atom is -0.353 e. The summed E-state index contributed by atoms with van der Waals surface area (Å²) >= 11 is 0. The first-order valence-electron chi connectivity index (χ1n) is 6.53. The molecule has 1 aliphatic carbocycles. The quantitative estimate of drug-likeness (QED) is 0.897. The zero-order chi connectivity index (χ0) is 13.9. The zero-order valence-electron chi connectivity index (χ0n) is 10.7. The first kappa shape index (κ1) is 14.1. The van der Waals surface area contributed by atoms with E-state index in [0.717, 1.165) is 25.3 Å². The van der Waals surface area contributed by atoms with Gasteiger partial charge in [0, 0.05) is 18.8 Å². The van der Waals surface area contributed by atoms with Crippen LogP contribution in [0.2, 0.25) is 0 Å². The molecule has 0 aromatic carbocycles. The summed E-state index contributed by atoms with van der Waals surface area (Å²) in [6.07, 6.45) is 0.645. The summed E-state index contributed by atoms with van der Waals surface area (Å²) in [6.45, 7) is 0.999. The van der Waals surface area contributed by atoms with E-state index in [-0.39, 0.29) is 11.9 Å². The lowest BCUT2D eigenvalue weighted by molar-refractivity contribution is -0.137. The summed E-state index contributed by atoms with van der Waals surface area (Å²) in [6, 6.07) is 2.59. The number of nitrogens with zero attached hydrogens (tertiary/aromatic N) is 2. The van der Waals surface area contributed by atoms with Gasteiger partial charge in [0.05, 0.1) is 5.56 Å². The lowest BCUT2D eigenvalue weighted by Crippen LogP contribution is -2.42. The minimum absolute atomic E-state index is 0.0492. The maximum Gasteiger partial charge on any atom is 0.419 e. The molecule has 0 atom stereocenters. The van der Waals surface area contributed by atoms with E-state index in [4.69, 9.17) is 5.73 Å². The van der Waals surface area contributed by atoms with Crippen LogP contribution in [0.1, 0.15) is 31.2 Å². The fraction of sp³-hybridized carbons (Fsp3) is 0.615. The van der Waals surface area contributed by atoms with Crippen LogP contribution in [0.4, 0.5) is 19.0 Å². The first-order valence-corrected chi connectivity index (χ1v) is 6.53. The highest BCUT2D eigenvalue weighted by molar-refractivity contribution is 5.49. The molecular formula is C13H18F3N3. The topological polar surface area (TPSA) is 42.1 Å². The number of aromatic nitrogens is 1. The maximum absolute atomic E-state index is 13.0. The third-order valence-corrected chi connectivity index (χ3v) is 3.48. The monoisotopic (exact) mass is 273 g/mol. The van der Waals surface area contributed by atoms with Crippen LogP contribution in [0.25, 0.3) is 0 Å². The number of anilines is 1. The normalized spacial score (nSPS) is 16.2. The molecule has 6 heteroatoms. The van der Waals surface area contributed by atoms with E-state index in [1.165, 1.54) is 12.3 Å². The Labute approximate surface area is 110 Å². The molecule has 0 aliphatic heterocycles. The van der Waals surface area contributed by atoms with E-state index < -0.39 is 11.7 Å². The van der Waals surface area contributed by atoms with E-state index >= 15 is 0 Å². The molecule has 0 radical (unpaired) electrons. The predicted octanol–water partition coefficient (Wildman–Crippen LogP) is 2.81. The largest absolute Gasteiger partial charge is 0.419 e. The molecule has 0 saturated heterocycles. The van der Waals surface area contributed by atoms with Gasteiger partial charge in [0.15, 0.2) is 0 Å². The summed E-state index contributed by atoms with van der Waals surface area (Å²) < 4.78 is 39.1. The van der Waals surface area contributed by atoms with Crippen molar-refractivity contribution in [3.05, 3.63) is 23.9 Å². The fourth-order valence-corrected chi connectivity index (χ4v) is 2.27. The van der Waals surface area contributed by atoms with E-state index in [1.54, 1.807) is 4.90 Å². The molecule has 1 saturated carbocycles. The molecule has 0 bridgehead atoms. The Hall–Kier alpha value is -1.30. The Morgan fingerprint density at radius 3 is 2.63 bits per heavy atom. The van der Waals surface area contributed by atoms with Crippen molar-refractivity contribution >= 4 is 5.82 Å². The van der Waals surface area contributed by atoms with Crippen LogP contribution in [-0.2, 0) is 6.18 Å². The van der Waals surface area contributed by atoms with Crippen LogP contribution in [-0.4, -0.2) is 24.1 Å². The van der Waals surface area contributed by atoms with Crippen LogP contribution in [0.3, 0.4) is 0 Å². The van der Waals surface area contributed by atoms with Gasteiger partial charge < -0.3 is 10.6 Å². The molecule has 106 valence electrons. The number of hydrogen-bond donors (Lipinski definition) is 1. The molecule has 1 heterocycles. The molecule has 19 heavy (non-hydrogen) atoms. The van der Waals surface area contributed by atoms with E-state index in [9.17, 15) is 13.2 Å². The van der Waals surface area contributed by atoms with Crippen molar-refractivity contribution < 1.29 is 13.2 Å². The van der Waals surface area contributed by atoms with Crippen molar-refractivity contribution in [2.45, 2.75) is 37.9 Å². The molecule has 3 nitrogen and oxygen atoms in total. The SMILES string of the molecule is NCCCN(c1ncccc1C(F)(F)F)C1CCC1. The number of nitrogens with two attached hydrogens (primary N) is 1. The molecule has 1 aliphatic rings. The summed E-state index contributed by atoms with van der Waals surface area (Å²) in [4.78, 5) is 5.74. The zero-order valence-corrected chi connectivity index (χ0v) is 10.7. The highest BCUT2D eigenvalue weighted by atomic mass is 19.4. The molecular weight excluding hydrogens is 255 g/mol. The second-order valence-electron chi connectivity index (χ2n) is 4.79. The van der Waals surface area contributed by atoms with Crippen LogP contribution >= 0.6 is 0 Å². The second kappa shape index (κ2) is 5.77. The molecule has 1 fully saturated rings. The van der Waals surface area contributed by atoms with Crippen LogP contribution in [0, 0.1) is 0 Å². The highest BCUT2D eigenvalue weighted by Gasteiger charge is 2.37.